The highest BCUT2D eigenvalue weighted by molar-refractivity contribution is 4.97. The second-order valence-electron chi connectivity index (χ2n) is 3.85. The maximum Gasteiger partial charge on any atom is 0.162 e. The van der Waals surface area contributed by atoms with Crippen LogP contribution in [-0.2, 0) is 4.74 Å². The smallest absolute Gasteiger partial charge is 0.162 e. The Morgan fingerprint density at radius 1 is 1.00 bits per heavy atom. The van der Waals surface area contributed by atoms with E-state index in [9.17, 15) is 15.3 Å². The zero-order valence-electron chi connectivity index (χ0n) is 8.55. The summed E-state index contributed by atoms with van der Waals surface area (Å²) in [5, 5.41) is 37.9. The van der Waals surface area contributed by atoms with E-state index in [4.69, 9.17) is 9.84 Å². The number of hydrogen-bond acceptors (Lipinski definition) is 5. The van der Waals surface area contributed by atoms with Crippen LogP contribution in [0.3, 0.4) is 0 Å². The zero-order valence-corrected chi connectivity index (χ0v) is 8.55. The molecule has 0 radical (unpaired) electrons. The van der Waals surface area contributed by atoms with Crippen molar-refractivity contribution >= 4 is 0 Å². The van der Waals surface area contributed by atoms with Gasteiger partial charge < -0.3 is 29.7 Å². The van der Waals surface area contributed by atoms with E-state index in [0.717, 1.165) is 0 Å². The summed E-state index contributed by atoms with van der Waals surface area (Å²) in [5.41, 5.74) is 0. The van der Waals surface area contributed by atoms with E-state index in [1.807, 2.05) is 0 Å². The fourth-order valence-corrected chi connectivity index (χ4v) is 1.85. The highest BCUT2D eigenvalue weighted by Crippen LogP contribution is 2.28. The van der Waals surface area contributed by atoms with Crippen molar-refractivity contribution in [3.63, 3.8) is 0 Å². The lowest BCUT2D eigenvalue weighted by atomic mass is 9.98. The Kier molecular flexibility index (Phi) is 3.27. The van der Waals surface area contributed by atoms with Crippen molar-refractivity contribution in [2.75, 3.05) is 6.61 Å². The van der Waals surface area contributed by atoms with Crippen molar-refractivity contribution in [1.82, 2.24) is 4.57 Å². The molecule has 1 aromatic rings. The Morgan fingerprint density at radius 3 is 2.19 bits per heavy atom. The molecule has 5 atom stereocenters. The van der Waals surface area contributed by atoms with Crippen LogP contribution in [0.4, 0.5) is 0 Å². The van der Waals surface area contributed by atoms with Crippen LogP contribution in [0.1, 0.15) is 6.23 Å². The number of aromatic nitrogens is 1. The highest BCUT2D eigenvalue weighted by atomic mass is 16.6. The van der Waals surface area contributed by atoms with Gasteiger partial charge >= 0.3 is 0 Å². The van der Waals surface area contributed by atoms with Crippen LogP contribution < -0.4 is 0 Å². The first-order valence-corrected chi connectivity index (χ1v) is 5.08. The summed E-state index contributed by atoms with van der Waals surface area (Å²) in [4.78, 5) is 0. The molecule has 16 heavy (non-hydrogen) atoms. The van der Waals surface area contributed by atoms with Gasteiger partial charge in [-0.3, -0.25) is 0 Å². The van der Waals surface area contributed by atoms with E-state index < -0.39 is 37.3 Å². The molecule has 0 bridgehead atoms. The van der Waals surface area contributed by atoms with E-state index >= 15 is 0 Å². The van der Waals surface area contributed by atoms with Gasteiger partial charge in [0.25, 0.3) is 0 Å². The summed E-state index contributed by atoms with van der Waals surface area (Å²) < 4.78 is 6.90. The second-order valence-corrected chi connectivity index (χ2v) is 3.85. The zero-order chi connectivity index (χ0) is 11.7. The van der Waals surface area contributed by atoms with Crippen LogP contribution in [-0.4, -0.2) is 56.0 Å². The lowest BCUT2D eigenvalue weighted by Crippen LogP contribution is -2.56. The van der Waals surface area contributed by atoms with Gasteiger partial charge in [0.05, 0.1) is 6.61 Å². The van der Waals surface area contributed by atoms with E-state index in [0.29, 0.717) is 0 Å². The van der Waals surface area contributed by atoms with Gasteiger partial charge in [-0.1, -0.05) is 0 Å². The van der Waals surface area contributed by atoms with Crippen molar-refractivity contribution < 1.29 is 25.2 Å². The van der Waals surface area contributed by atoms with E-state index in [2.05, 4.69) is 0 Å². The minimum atomic E-state index is -1.33. The topological polar surface area (TPSA) is 95.1 Å². The standard InChI is InChI=1S/C10H15NO5/c12-5-6-7(13)8(14)9(15)10(16-6)11-3-1-2-4-11/h1-4,6-10,12-15H,5H2/t6-,7-,8+,9-,10?/m0/s1. The average Bonchev–Trinajstić information content (AvgIpc) is 2.80. The second kappa shape index (κ2) is 4.52. The number of aliphatic hydroxyl groups excluding tert-OH is 4. The molecule has 1 aliphatic rings. The Morgan fingerprint density at radius 2 is 1.62 bits per heavy atom. The molecule has 1 fully saturated rings. The van der Waals surface area contributed by atoms with Gasteiger partial charge in [-0.05, 0) is 12.1 Å². The van der Waals surface area contributed by atoms with Crippen LogP contribution in [0.2, 0.25) is 0 Å². The first-order chi connectivity index (χ1) is 7.65. The molecule has 0 saturated carbocycles. The van der Waals surface area contributed by atoms with E-state index in [-0.39, 0.29) is 0 Å². The molecule has 6 heteroatoms. The molecule has 0 aliphatic carbocycles. The predicted molar refractivity (Wildman–Crippen MR) is 53.4 cm³/mol. The van der Waals surface area contributed by atoms with Crippen molar-refractivity contribution in [1.29, 1.82) is 0 Å². The fourth-order valence-electron chi connectivity index (χ4n) is 1.85. The molecule has 4 N–H and O–H groups in total. The monoisotopic (exact) mass is 229 g/mol. The van der Waals surface area contributed by atoms with E-state index in [1.54, 1.807) is 29.1 Å². The molecule has 0 spiro atoms. The Labute approximate surface area is 92.3 Å². The summed E-state index contributed by atoms with van der Waals surface area (Å²) in [7, 11) is 0. The minimum absolute atomic E-state index is 0.414. The SMILES string of the molecule is OC[C@@H]1OC(n2cccc2)[C@@H](O)[C@H](O)[C@H]1O. The molecule has 1 saturated heterocycles. The largest absolute Gasteiger partial charge is 0.394 e. The molecule has 0 amide bonds. The van der Waals surface area contributed by atoms with Crippen molar-refractivity contribution in [2.24, 2.45) is 0 Å². The summed E-state index contributed by atoms with van der Waals surface area (Å²) in [6.07, 6.45) is -2.20. The van der Waals surface area contributed by atoms with Crippen LogP contribution in [0, 0.1) is 0 Å². The molecule has 2 heterocycles. The first kappa shape index (κ1) is 11.6. The third-order valence-corrected chi connectivity index (χ3v) is 2.79. The first-order valence-electron chi connectivity index (χ1n) is 5.08. The van der Waals surface area contributed by atoms with Crippen LogP contribution in [0.5, 0.6) is 0 Å². The molecule has 1 aromatic heterocycles. The predicted octanol–water partition coefficient (Wildman–Crippen LogP) is -1.54. The van der Waals surface area contributed by atoms with Crippen molar-refractivity contribution in [3.05, 3.63) is 24.5 Å². The summed E-state index contributed by atoms with van der Waals surface area (Å²) in [6.45, 7) is -0.414. The van der Waals surface area contributed by atoms with Gasteiger partial charge in [0.15, 0.2) is 6.23 Å². The van der Waals surface area contributed by atoms with Crippen LogP contribution in [0.15, 0.2) is 24.5 Å². The van der Waals surface area contributed by atoms with Gasteiger partial charge in [0, 0.05) is 12.4 Å². The molecule has 90 valence electrons. The number of hydrogen-bond donors (Lipinski definition) is 4. The lowest BCUT2D eigenvalue weighted by Gasteiger charge is -2.40. The fraction of sp³-hybridized carbons (Fsp3) is 0.600. The number of rotatable bonds is 2. The van der Waals surface area contributed by atoms with Crippen LogP contribution in [0.25, 0.3) is 0 Å². The number of ether oxygens (including phenoxy) is 1. The van der Waals surface area contributed by atoms with E-state index in [1.165, 1.54) is 0 Å². The lowest BCUT2D eigenvalue weighted by molar-refractivity contribution is -0.251. The minimum Gasteiger partial charge on any atom is -0.394 e. The Balaban J connectivity index is 2.20. The Hall–Kier alpha value is -0.920. The highest BCUT2D eigenvalue weighted by Gasteiger charge is 2.43. The molecule has 0 aromatic carbocycles. The number of aliphatic hydroxyl groups is 4. The van der Waals surface area contributed by atoms with Gasteiger partial charge in [0.2, 0.25) is 0 Å². The maximum absolute atomic E-state index is 9.76. The summed E-state index contributed by atoms with van der Waals surface area (Å²) in [6, 6.07) is 3.50. The molecule has 1 unspecified atom stereocenters. The molecular weight excluding hydrogens is 214 g/mol. The third kappa shape index (κ3) is 1.85. The maximum atomic E-state index is 9.76. The number of nitrogens with zero attached hydrogens (tertiary/aromatic N) is 1. The quantitative estimate of drug-likeness (QED) is 0.493. The van der Waals surface area contributed by atoms with Gasteiger partial charge in [-0.2, -0.15) is 0 Å². The third-order valence-electron chi connectivity index (χ3n) is 2.79. The molecule has 1 aliphatic heterocycles. The Bertz CT molecular complexity index is 326. The van der Waals surface area contributed by atoms with Crippen molar-refractivity contribution in [3.8, 4) is 0 Å². The molecule has 6 nitrogen and oxygen atoms in total. The molecule has 2 rings (SSSR count). The summed E-state index contributed by atoms with van der Waals surface area (Å²) in [5.74, 6) is 0. The van der Waals surface area contributed by atoms with Gasteiger partial charge in [-0.15, -0.1) is 0 Å². The van der Waals surface area contributed by atoms with Crippen molar-refractivity contribution in [2.45, 2.75) is 30.6 Å². The van der Waals surface area contributed by atoms with Gasteiger partial charge in [0.1, 0.15) is 24.4 Å². The average molecular weight is 229 g/mol. The molecular formula is C10H15NO5. The normalized spacial score (nSPS) is 39.9. The van der Waals surface area contributed by atoms with Gasteiger partial charge in [-0.25, -0.2) is 0 Å². The van der Waals surface area contributed by atoms with Crippen LogP contribution >= 0.6 is 0 Å². The summed E-state index contributed by atoms with van der Waals surface area (Å²) >= 11 is 0.